The SMILES string of the molecule is CC(C)(C)N1COc2c(cc(CN3CCN(c4ccc(Br)cc4)CC3)c3cccnc23)C1. The van der Waals surface area contributed by atoms with Crippen molar-refractivity contribution in [3.8, 4) is 5.75 Å². The predicted molar refractivity (Wildman–Crippen MR) is 134 cm³/mol. The fraction of sp³-hybridized carbons (Fsp3) is 0.423. The Hall–Kier alpha value is -2.15. The molecule has 1 fully saturated rings. The van der Waals surface area contributed by atoms with Crippen molar-refractivity contribution in [2.45, 2.75) is 39.4 Å². The molecular weight excluding hydrogens is 464 g/mol. The van der Waals surface area contributed by atoms with E-state index in [2.05, 4.69) is 87.8 Å². The maximum Gasteiger partial charge on any atom is 0.152 e. The van der Waals surface area contributed by atoms with Crippen LogP contribution in [0.1, 0.15) is 31.9 Å². The van der Waals surface area contributed by atoms with Gasteiger partial charge in [-0.1, -0.05) is 22.0 Å². The van der Waals surface area contributed by atoms with Crippen LogP contribution in [-0.4, -0.2) is 53.2 Å². The Balaban J connectivity index is 1.36. The molecule has 0 unspecified atom stereocenters. The third-order valence-corrected chi connectivity index (χ3v) is 7.17. The normalized spacial score (nSPS) is 17.9. The number of rotatable bonds is 3. The van der Waals surface area contributed by atoms with Crippen molar-refractivity contribution in [1.29, 1.82) is 0 Å². The Labute approximate surface area is 199 Å². The van der Waals surface area contributed by atoms with Crippen LogP contribution in [0.4, 0.5) is 5.69 Å². The molecule has 32 heavy (non-hydrogen) atoms. The standard InChI is InChI=1S/C26H31BrN4O/c1-26(2,3)31-17-20-15-19(23-5-4-10-28-24(23)25(20)32-18-31)16-29-11-13-30(14-12-29)22-8-6-21(27)7-9-22/h4-10,15H,11-14,16-18H2,1-3H3. The average molecular weight is 495 g/mol. The molecule has 2 aliphatic heterocycles. The summed E-state index contributed by atoms with van der Waals surface area (Å²) in [4.78, 5) is 12.1. The molecule has 5 rings (SSSR count). The molecule has 6 heteroatoms. The number of fused-ring (bicyclic) bond motifs is 3. The van der Waals surface area contributed by atoms with Crippen LogP contribution in [0.25, 0.3) is 10.9 Å². The second-order valence-electron chi connectivity index (χ2n) is 9.81. The zero-order chi connectivity index (χ0) is 22.3. The van der Waals surface area contributed by atoms with E-state index in [-0.39, 0.29) is 5.54 Å². The summed E-state index contributed by atoms with van der Waals surface area (Å²) in [5.41, 5.74) is 4.97. The number of pyridine rings is 1. The quantitative estimate of drug-likeness (QED) is 0.495. The summed E-state index contributed by atoms with van der Waals surface area (Å²) < 4.78 is 7.36. The van der Waals surface area contributed by atoms with Crippen molar-refractivity contribution in [2.75, 3.05) is 37.8 Å². The molecule has 3 heterocycles. The minimum atomic E-state index is 0.0697. The van der Waals surface area contributed by atoms with Gasteiger partial charge in [0, 0.05) is 72.1 Å². The highest BCUT2D eigenvalue weighted by Crippen LogP contribution is 2.37. The molecule has 0 spiro atoms. The Bertz CT molecular complexity index is 1100. The number of aromatic nitrogens is 1. The van der Waals surface area contributed by atoms with Crippen LogP contribution in [0.15, 0.2) is 53.1 Å². The fourth-order valence-electron chi connectivity index (χ4n) is 4.64. The smallest absolute Gasteiger partial charge is 0.152 e. The molecule has 168 valence electrons. The van der Waals surface area contributed by atoms with Crippen molar-refractivity contribution in [1.82, 2.24) is 14.8 Å². The van der Waals surface area contributed by atoms with E-state index >= 15 is 0 Å². The highest BCUT2D eigenvalue weighted by molar-refractivity contribution is 9.10. The van der Waals surface area contributed by atoms with Gasteiger partial charge in [0.15, 0.2) is 5.75 Å². The third-order valence-electron chi connectivity index (χ3n) is 6.64. The molecule has 1 saturated heterocycles. The lowest BCUT2D eigenvalue weighted by molar-refractivity contribution is 0.0227. The van der Waals surface area contributed by atoms with Crippen LogP contribution in [0.3, 0.4) is 0 Å². The molecule has 0 N–H and O–H groups in total. The van der Waals surface area contributed by atoms with Gasteiger partial charge in [-0.3, -0.25) is 14.8 Å². The van der Waals surface area contributed by atoms with Gasteiger partial charge in [0.25, 0.3) is 0 Å². The lowest BCUT2D eigenvalue weighted by Crippen LogP contribution is -2.46. The van der Waals surface area contributed by atoms with E-state index in [9.17, 15) is 0 Å². The van der Waals surface area contributed by atoms with Crippen LogP contribution < -0.4 is 9.64 Å². The number of benzene rings is 2. The fourth-order valence-corrected chi connectivity index (χ4v) is 4.91. The summed E-state index contributed by atoms with van der Waals surface area (Å²) in [5.74, 6) is 0.963. The minimum absolute atomic E-state index is 0.0697. The summed E-state index contributed by atoms with van der Waals surface area (Å²) in [6.45, 7) is 13.4. The van der Waals surface area contributed by atoms with Crippen LogP contribution in [-0.2, 0) is 13.1 Å². The molecule has 0 bridgehead atoms. The number of piperazine rings is 1. The predicted octanol–water partition coefficient (Wildman–Crippen LogP) is 5.27. The van der Waals surface area contributed by atoms with E-state index in [0.717, 1.165) is 55.0 Å². The van der Waals surface area contributed by atoms with Gasteiger partial charge in [0.2, 0.25) is 0 Å². The maximum atomic E-state index is 6.23. The topological polar surface area (TPSA) is 31.8 Å². The van der Waals surface area contributed by atoms with Gasteiger partial charge >= 0.3 is 0 Å². The number of ether oxygens (including phenoxy) is 1. The average Bonchev–Trinajstić information content (AvgIpc) is 2.79. The first-order chi connectivity index (χ1) is 15.4. The highest BCUT2D eigenvalue weighted by Gasteiger charge is 2.29. The van der Waals surface area contributed by atoms with Crippen LogP contribution in [0, 0.1) is 0 Å². The molecule has 3 aromatic rings. The van der Waals surface area contributed by atoms with E-state index in [1.54, 1.807) is 0 Å². The largest absolute Gasteiger partial charge is 0.475 e. The first-order valence-electron chi connectivity index (χ1n) is 11.4. The third kappa shape index (κ3) is 4.36. The molecule has 1 aromatic heterocycles. The summed E-state index contributed by atoms with van der Waals surface area (Å²) >= 11 is 3.53. The van der Waals surface area contributed by atoms with Gasteiger partial charge in [-0.15, -0.1) is 0 Å². The van der Waals surface area contributed by atoms with Crippen LogP contribution in [0.2, 0.25) is 0 Å². The van der Waals surface area contributed by atoms with Crippen LogP contribution in [0.5, 0.6) is 5.75 Å². The minimum Gasteiger partial charge on any atom is -0.475 e. The van der Waals surface area contributed by atoms with E-state index in [4.69, 9.17) is 9.72 Å². The van der Waals surface area contributed by atoms with Crippen molar-refractivity contribution < 1.29 is 4.74 Å². The Morgan fingerprint density at radius 2 is 1.78 bits per heavy atom. The zero-order valence-corrected chi connectivity index (χ0v) is 20.7. The molecule has 5 nitrogen and oxygen atoms in total. The van der Waals surface area contributed by atoms with Gasteiger partial charge in [0.05, 0.1) is 0 Å². The first-order valence-corrected chi connectivity index (χ1v) is 12.2. The number of hydrogen-bond donors (Lipinski definition) is 0. The maximum absolute atomic E-state index is 6.23. The molecule has 0 atom stereocenters. The number of anilines is 1. The van der Waals surface area contributed by atoms with E-state index in [1.807, 2.05) is 12.3 Å². The van der Waals surface area contributed by atoms with Crippen LogP contribution >= 0.6 is 15.9 Å². The second-order valence-corrected chi connectivity index (χ2v) is 10.7. The Kier molecular flexibility index (Phi) is 5.86. The summed E-state index contributed by atoms with van der Waals surface area (Å²) in [7, 11) is 0. The lowest BCUT2D eigenvalue weighted by atomic mass is 9.99. The highest BCUT2D eigenvalue weighted by atomic mass is 79.9. The van der Waals surface area contributed by atoms with Gasteiger partial charge < -0.3 is 9.64 Å². The molecule has 2 aromatic carbocycles. The lowest BCUT2D eigenvalue weighted by Gasteiger charge is -2.39. The van der Waals surface area contributed by atoms with Crippen molar-refractivity contribution in [3.05, 3.63) is 64.3 Å². The van der Waals surface area contributed by atoms with Crippen molar-refractivity contribution in [3.63, 3.8) is 0 Å². The van der Waals surface area contributed by atoms with E-state index in [0.29, 0.717) is 6.73 Å². The van der Waals surface area contributed by atoms with Gasteiger partial charge in [-0.2, -0.15) is 0 Å². The van der Waals surface area contributed by atoms with E-state index in [1.165, 1.54) is 22.2 Å². The van der Waals surface area contributed by atoms with Crippen molar-refractivity contribution >= 4 is 32.5 Å². The number of hydrogen-bond acceptors (Lipinski definition) is 5. The number of halogens is 1. The molecule has 2 aliphatic rings. The summed E-state index contributed by atoms with van der Waals surface area (Å²) in [5, 5.41) is 1.21. The summed E-state index contributed by atoms with van der Waals surface area (Å²) in [6.07, 6.45) is 1.88. The second kappa shape index (κ2) is 8.65. The molecule has 0 amide bonds. The monoisotopic (exact) mass is 494 g/mol. The Morgan fingerprint density at radius 1 is 1.03 bits per heavy atom. The van der Waals surface area contributed by atoms with Gasteiger partial charge in [0.1, 0.15) is 12.2 Å². The number of nitrogens with zero attached hydrogens (tertiary/aromatic N) is 4. The molecule has 0 aliphatic carbocycles. The first kappa shape index (κ1) is 21.7. The van der Waals surface area contributed by atoms with Crippen molar-refractivity contribution in [2.24, 2.45) is 0 Å². The van der Waals surface area contributed by atoms with Gasteiger partial charge in [-0.05, 0) is 62.7 Å². The molecule has 0 saturated carbocycles. The summed E-state index contributed by atoms with van der Waals surface area (Å²) in [6, 6.07) is 15.2. The molecular formula is C26H31BrN4O. The van der Waals surface area contributed by atoms with E-state index < -0.39 is 0 Å². The van der Waals surface area contributed by atoms with Gasteiger partial charge in [-0.25, -0.2) is 0 Å². The zero-order valence-electron chi connectivity index (χ0n) is 19.1. The molecule has 0 radical (unpaired) electrons. The Morgan fingerprint density at radius 3 is 2.50 bits per heavy atom.